The molecule has 1 rings (SSSR count). The van der Waals surface area contributed by atoms with Gasteiger partial charge in [0.2, 0.25) is 5.91 Å². The van der Waals surface area contributed by atoms with E-state index < -0.39 is 18.0 Å². The van der Waals surface area contributed by atoms with Crippen molar-refractivity contribution in [1.29, 1.82) is 0 Å². The van der Waals surface area contributed by atoms with Crippen LogP contribution in [0, 0.1) is 5.41 Å². The smallest absolute Gasteiger partial charge is 0.312 e. The van der Waals surface area contributed by atoms with Crippen molar-refractivity contribution in [3.05, 3.63) is 0 Å². The Hall–Kier alpha value is -1.44. The van der Waals surface area contributed by atoms with Gasteiger partial charge in [0, 0.05) is 6.54 Å². The fraction of sp³-hybridized carbons (Fsp3) is 0.769. The number of carboxylic acids is 1. The topological polar surface area (TPSA) is 122 Å². The number of amides is 3. The molecule has 0 aliphatic heterocycles. The molecule has 0 heterocycles. The molecule has 21 heavy (non-hydrogen) atoms. The molecular formula is C13H23N3O4S. The number of nitrogens with one attached hydrogen (secondary N) is 2. The first-order valence-corrected chi connectivity index (χ1v) is 8.32. The van der Waals surface area contributed by atoms with Crippen molar-refractivity contribution in [3.8, 4) is 0 Å². The van der Waals surface area contributed by atoms with E-state index in [2.05, 4.69) is 10.6 Å². The van der Waals surface area contributed by atoms with E-state index in [-0.39, 0.29) is 17.7 Å². The third kappa shape index (κ3) is 5.82. The zero-order valence-corrected chi connectivity index (χ0v) is 13.0. The molecular weight excluding hydrogens is 294 g/mol. The van der Waals surface area contributed by atoms with Gasteiger partial charge in [-0.1, -0.05) is 6.42 Å². The predicted octanol–water partition coefficient (Wildman–Crippen LogP) is 0.538. The highest BCUT2D eigenvalue weighted by molar-refractivity contribution is 7.98. The Labute approximate surface area is 128 Å². The lowest BCUT2D eigenvalue weighted by Crippen LogP contribution is -2.52. The Balaban J connectivity index is 2.51. The Bertz CT molecular complexity index is 399. The first-order valence-electron chi connectivity index (χ1n) is 6.93. The van der Waals surface area contributed by atoms with Crippen LogP contribution in [0.1, 0.15) is 32.1 Å². The molecule has 0 aromatic heterocycles. The number of nitrogens with two attached hydrogens (primary N) is 1. The molecule has 120 valence electrons. The highest BCUT2D eigenvalue weighted by Gasteiger charge is 2.39. The van der Waals surface area contributed by atoms with Crippen molar-refractivity contribution in [2.45, 2.75) is 38.1 Å². The Kier molecular flexibility index (Phi) is 6.80. The number of rotatable bonds is 9. The van der Waals surface area contributed by atoms with Crippen LogP contribution in [0.2, 0.25) is 0 Å². The van der Waals surface area contributed by atoms with E-state index in [4.69, 9.17) is 10.8 Å². The summed E-state index contributed by atoms with van der Waals surface area (Å²) < 4.78 is 0. The average molecular weight is 317 g/mol. The molecule has 1 aliphatic carbocycles. The Morgan fingerprint density at radius 2 is 2.05 bits per heavy atom. The van der Waals surface area contributed by atoms with Gasteiger partial charge >= 0.3 is 12.0 Å². The maximum Gasteiger partial charge on any atom is 0.312 e. The second-order valence-corrected chi connectivity index (χ2v) is 6.47. The maximum atomic E-state index is 12.1. The van der Waals surface area contributed by atoms with E-state index in [1.54, 1.807) is 11.8 Å². The molecule has 3 amide bonds. The molecule has 5 N–H and O–H groups in total. The summed E-state index contributed by atoms with van der Waals surface area (Å²) >= 11 is 1.57. The maximum absolute atomic E-state index is 12.1. The summed E-state index contributed by atoms with van der Waals surface area (Å²) in [5.41, 5.74) is 4.74. The van der Waals surface area contributed by atoms with Gasteiger partial charge in [0.1, 0.15) is 6.04 Å². The molecule has 1 saturated carbocycles. The van der Waals surface area contributed by atoms with Gasteiger partial charge in [0.25, 0.3) is 0 Å². The number of hydrogen-bond donors (Lipinski definition) is 4. The number of primary amides is 1. The first-order chi connectivity index (χ1) is 9.88. The monoisotopic (exact) mass is 317 g/mol. The van der Waals surface area contributed by atoms with E-state index in [1.807, 2.05) is 6.26 Å². The summed E-state index contributed by atoms with van der Waals surface area (Å²) in [4.78, 5) is 33.9. The van der Waals surface area contributed by atoms with E-state index in [9.17, 15) is 14.4 Å². The summed E-state index contributed by atoms with van der Waals surface area (Å²) in [6.07, 6.45) is 5.05. The van der Waals surface area contributed by atoms with Crippen molar-refractivity contribution in [2.24, 2.45) is 11.1 Å². The normalized spacial score (nSPS) is 17.4. The largest absolute Gasteiger partial charge is 0.481 e. The van der Waals surface area contributed by atoms with E-state index >= 15 is 0 Å². The first kappa shape index (κ1) is 17.6. The summed E-state index contributed by atoms with van der Waals surface area (Å²) in [5, 5.41) is 14.1. The van der Waals surface area contributed by atoms with Crippen LogP contribution in [-0.4, -0.2) is 47.6 Å². The second-order valence-electron chi connectivity index (χ2n) is 5.48. The van der Waals surface area contributed by atoms with Crippen LogP contribution in [0.5, 0.6) is 0 Å². The van der Waals surface area contributed by atoms with Gasteiger partial charge in [-0.15, -0.1) is 0 Å². The quantitative estimate of drug-likeness (QED) is 0.494. The molecule has 0 bridgehead atoms. The molecule has 1 fully saturated rings. The van der Waals surface area contributed by atoms with Gasteiger partial charge in [0.05, 0.1) is 6.42 Å². The zero-order valence-electron chi connectivity index (χ0n) is 12.2. The summed E-state index contributed by atoms with van der Waals surface area (Å²) in [5.74, 6) is -0.434. The van der Waals surface area contributed by atoms with Crippen molar-refractivity contribution >= 4 is 29.7 Å². The molecule has 7 nitrogen and oxygen atoms in total. The third-order valence-corrected chi connectivity index (χ3v) is 4.47. The lowest BCUT2D eigenvalue weighted by atomic mass is 9.66. The number of carbonyl (C=O) groups excluding carboxylic acids is 2. The SMILES string of the molecule is CSCCC(NC(N)=O)C(=O)NCC1(CC(=O)O)CCC1. The average Bonchev–Trinajstić information content (AvgIpc) is 2.36. The van der Waals surface area contributed by atoms with E-state index in [0.717, 1.165) is 25.0 Å². The van der Waals surface area contributed by atoms with Crippen LogP contribution < -0.4 is 16.4 Å². The molecule has 0 aromatic carbocycles. The van der Waals surface area contributed by atoms with Crippen LogP contribution in [0.15, 0.2) is 0 Å². The van der Waals surface area contributed by atoms with Crippen LogP contribution >= 0.6 is 11.8 Å². The lowest BCUT2D eigenvalue weighted by molar-refractivity contribution is -0.142. The number of carbonyl (C=O) groups is 3. The summed E-state index contributed by atoms with van der Waals surface area (Å²) in [7, 11) is 0. The van der Waals surface area contributed by atoms with Gasteiger partial charge < -0.3 is 21.5 Å². The van der Waals surface area contributed by atoms with Gasteiger partial charge in [-0.3, -0.25) is 9.59 Å². The molecule has 1 atom stereocenters. The lowest BCUT2D eigenvalue weighted by Gasteiger charge is -2.41. The molecule has 0 aromatic rings. The van der Waals surface area contributed by atoms with Crippen LogP contribution in [-0.2, 0) is 9.59 Å². The number of urea groups is 1. The number of carboxylic acid groups (broad SMARTS) is 1. The van der Waals surface area contributed by atoms with Crippen molar-refractivity contribution in [3.63, 3.8) is 0 Å². The highest BCUT2D eigenvalue weighted by Crippen LogP contribution is 2.43. The standard InChI is InChI=1S/C13H23N3O4S/c1-21-6-3-9(16-12(14)20)11(19)15-8-13(4-2-5-13)7-10(17)18/h9H,2-8H2,1H3,(H,15,19)(H,17,18)(H3,14,16,20). The Morgan fingerprint density at radius 3 is 2.48 bits per heavy atom. The fourth-order valence-electron chi connectivity index (χ4n) is 2.49. The van der Waals surface area contributed by atoms with Gasteiger partial charge in [-0.2, -0.15) is 11.8 Å². The minimum Gasteiger partial charge on any atom is -0.481 e. The molecule has 1 aliphatic rings. The second kappa shape index (κ2) is 8.11. The fourth-order valence-corrected chi connectivity index (χ4v) is 2.96. The van der Waals surface area contributed by atoms with Gasteiger partial charge in [0.15, 0.2) is 0 Å². The molecule has 1 unspecified atom stereocenters. The number of hydrogen-bond acceptors (Lipinski definition) is 4. The highest BCUT2D eigenvalue weighted by atomic mass is 32.2. The van der Waals surface area contributed by atoms with Crippen LogP contribution in [0.3, 0.4) is 0 Å². The Morgan fingerprint density at radius 1 is 1.38 bits per heavy atom. The van der Waals surface area contributed by atoms with Crippen molar-refractivity contribution in [2.75, 3.05) is 18.6 Å². The minimum absolute atomic E-state index is 0.0615. The third-order valence-electron chi connectivity index (χ3n) is 3.82. The van der Waals surface area contributed by atoms with E-state index in [1.165, 1.54) is 0 Å². The van der Waals surface area contributed by atoms with Crippen molar-refractivity contribution in [1.82, 2.24) is 10.6 Å². The van der Waals surface area contributed by atoms with E-state index in [0.29, 0.717) is 13.0 Å². The number of thioether (sulfide) groups is 1. The summed E-state index contributed by atoms with van der Waals surface area (Å²) in [6, 6.07) is -1.41. The van der Waals surface area contributed by atoms with Gasteiger partial charge in [-0.25, -0.2) is 4.79 Å². The summed E-state index contributed by atoms with van der Waals surface area (Å²) in [6.45, 7) is 0.328. The predicted molar refractivity (Wildman–Crippen MR) is 81.1 cm³/mol. The van der Waals surface area contributed by atoms with Gasteiger partial charge in [-0.05, 0) is 36.7 Å². The molecule has 0 saturated heterocycles. The molecule has 0 radical (unpaired) electrons. The zero-order chi connectivity index (χ0) is 15.9. The van der Waals surface area contributed by atoms with Crippen LogP contribution in [0.25, 0.3) is 0 Å². The van der Waals surface area contributed by atoms with Crippen molar-refractivity contribution < 1.29 is 19.5 Å². The molecule has 8 heteroatoms. The molecule has 0 spiro atoms. The minimum atomic E-state index is -0.849. The van der Waals surface area contributed by atoms with Crippen LogP contribution in [0.4, 0.5) is 4.79 Å². The number of aliphatic carboxylic acids is 1.